The predicted octanol–water partition coefficient (Wildman–Crippen LogP) is 3.09. The van der Waals surface area contributed by atoms with Gasteiger partial charge in [-0.15, -0.1) is 0 Å². The second-order valence-electron chi connectivity index (χ2n) is 5.75. The molecule has 0 spiro atoms. The normalized spacial score (nSPS) is 14.8. The fraction of sp³-hybridized carbons (Fsp3) is 0.625. The second kappa shape index (κ2) is 6.91. The minimum absolute atomic E-state index is 0.598. The topological polar surface area (TPSA) is 32.3 Å². The van der Waals surface area contributed by atoms with Gasteiger partial charge in [0.1, 0.15) is 0 Å². The monoisotopic (exact) mass is 249 g/mol. The highest BCUT2D eigenvalue weighted by atomic mass is 16.3. The van der Waals surface area contributed by atoms with E-state index in [1.165, 1.54) is 5.56 Å². The highest BCUT2D eigenvalue weighted by Crippen LogP contribution is 2.21. The van der Waals surface area contributed by atoms with Crippen molar-refractivity contribution in [1.29, 1.82) is 0 Å². The molecule has 0 aliphatic carbocycles. The third kappa shape index (κ3) is 4.79. The molecule has 0 fully saturated rings. The number of hydrogen-bond donors (Lipinski definition) is 2. The van der Waals surface area contributed by atoms with E-state index < -0.39 is 5.60 Å². The Morgan fingerprint density at radius 2 is 2.06 bits per heavy atom. The van der Waals surface area contributed by atoms with Crippen molar-refractivity contribution in [3.63, 3.8) is 0 Å². The van der Waals surface area contributed by atoms with Crippen LogP contribution >= 0.6 is 0 Å². The van der Waals surface area contributed by atoms with Crippen molar-refractivity contribution in [1.82, 2.24) is 5.32 Å². The number of aliphatic hydroxyl groups is 1. The van der Waals surface area contributed by atoms with Crippen molar-refractivity contribution in [2.24, 2.45) is 5.92 Å². The van der Waals surface area contributed by atoms with Gasteiger partial charge in [0.2, 0.25) is 0 Å². The number of hydrogen-bond acceptors (Lipinski definition) is 2. The lowest BCUT2D eigenvalue weighted by Crippen LogP contribution is -2.37. The molecule has 1 aromatic rings. The molecular weight excluding hydrogens is 222 g/mol. The molecule has 1 rings (SSSR count). The van der Waals surface area contributed by atoms with E-state index in [1.807, 2.05) is 19.1 Å². The van der Waals surface area contributed by atoms with Crippen LogP contribution in [0, 0.1) is 5.92 Å². The first-order chi connectivity index (χ1) is 8.45. The van der Waals surface area contributed by atoms with Gasteiger partial charge in [-0.05, 0) is 36.9 Å². The second-order valence-corrected chi connectivity index (χ2v) is 5.75. The Morgan fingerprint density at radius 1 is 1.33 bits per heavy atom. The van der Waals surface area contributed by atoms with Crippen LogP contribution in [0.15, 0.2) is 24.3 Å². The zero-order chi connectivity index (χ0) is 13.6. The summed E-state index contributed by atoms with van der Waals surface area (Å²) in [7, 11) is 0. The molecule has 1 aromatic carbocycles. The molecule has 102 valence electrons. The van der Waals surface area contributed by atoms with Crippen molar-refractivity contribution in [2.45, 2.75) is 46.1 Å². The summed E-state index contributed by atoms with van der Waals surface area (Å²) in [5.74, 6) is 0.604. The molecule has 1 atom stereocenters. The Bertz CT molecular complexity index is 358. The van der Waals surface area contributed by atoms with Crippen LogP contribution in [0.1, 0.15) is 45.2 Å². The highest BCUT2D eigenvalue weighted by molar-refractivity contribution is 5.28. The van der Waals surface area contributed by atoms with Crippen LogP contribution in [-0.4, -0.2) is 18.2 Å². The van der Waals surface area contributed by atoms with Crippen LogP contribution in [-0.2, 0) is 12.0 Å². The SMILES string of the molecule is CCCc1cccc(C(C)(O)CNCC(C)C)c1. The summed E-state index contributed by atoms with van der Waals surface area (Å²) in [6, 6.07) is 8.30. The van der Waals surface area contributed by atoms with E-state index in [4.69, 9.17) is 0 Å². The highest BCUT2D eigenvalue weighted by Gasteiger charge is 2.22. The Labute approximate surface area is 111 Å². The predicted molar refractivity (Wildman–Crippen MR) is 77.7 cm³/mol. The van der Waals surface area contributed by atoms with Crippen LogP contribution in [0.5, 0.6) is 0 Å². The molecule has 0 bridgehead atoms. The van der Waals surface area contributed by atoms with Crippen LogP contribution < -0.4 is 5.32 Å². The minimum atomic E-state index is -0.793. The standard InChI is InChI=1S/C16H27NO/c1-5-7-14-8-6-9-15(10-14)16(4,18)12-17-11-13(2)3/h6,8-10,13,17-18H,5,7,11-12H2,1-4H3. The third-order valence-corrected chi connectivity index (χ3v) is 3.11. The summed E-state index contributed by atoms with van der Waals surface area (Å²) >= 11 is 0. The van der Waals surface area contributed by atoms with E-state index in [9.17, 15) is 5.11 Å². The zero-order valence-electron chi connectivity index (χ0n) is 12.2. The minimum Gasteiger partial charge on any atom is -0.384 e. The van der Waals surface area contributed by atoms with Crippen molar-refractivity contribution >= 4 is 0 Å². The molecule has 2 heteroatoms. The first kappa shape index (κ1) is 15.2. The fourth-order valence-corrected chi connectivity index (χ4v) is 2.06. The third-order valence-electron chi connectivity index (χ3n) is 3.11. The van der Waals surface area contributed by atoms with Gasteiger partial charge in [0, 0.05) is 6.54 Å². The largest absolute Gasteiger partial charge is 0.384 e. The summed E-state index contributed by atoms with van der Waals surface area (Å²) in [6.45, 7) is 9.93. The molecule has 0 aliphatic rings. The number of rotatable bonds is 7. The number of aryl methyl sites for hydroxylation is 1. The van der Waals surface area contributed by atoms with Gasteiger partial charge in [0.25, 0.3) is 0 Å². The molecule has 2 nitrogen and oxygen atoms in total. The summed E-state index contributed by atoms with van der Waals surface area (Å²) < 4.78 is 0. The van der Waals surface area contributed by atoms with Gasteiger partial charge in [-0.1, -0.05) is 51.5 Å². The molecule has 2 N–H and O–H groups in total. The first-order valence-electron chi connectivity index (χ1n) is 6.98. The summed E-state index contributed by atoms with van der Waals surface area (Å²) in [4.78, 5) is 0. The van der Waals surface area contributed by atoms with Crippen LogP contribution in [0.25, 0.3) is 0 Å². The summed E-state index contributed by atoms with van der Waals surface area (Å²) in [6.07, 6.45) is 2.21. The van der Waals surface area contributed by atoms with Gasteiger partial charge in [-0.25, -0.2) is 0 Å². The lowest BCUT2D eigenvalue weighted by atomic mass is 9.93. The van der Waals surface area contributed by atoms with Gasteiger partial charge in [0.05, 0.1) is 5.60 Å². The maximum absolute atomic E-state index is 10.5. The molecule has 0 amide bonds. The smallest absolute Gasteiger partial charge is 0.0992 e. The van der Waals surface area contributed by atoms with Crippen molar-refractivity contribution in [2.75, 3.05) is 13.1 Å². The zero-order valence-corrected chi connectivity index (χ0v) is 12.2. The maximum atomic E-state index is 10.5. The Balaban J connectivity index is 2.67. The molecule has 0 radical (unpaired) electrons. The first-order valence-corrected chi connectivity index (χ1v) is 6.98. The number of nitrogens with one attached hydrogen (secondary N) is 1. The summed E-state index contributed by atoms with van der Waals surface area (Å²) in [5, 5.41) is 13.9. The number of benzene rings is 1. The lowest BCUT2D eigenvalue weighted by molar-refractivity contribution is 0.0563. The summed E-state index contributed by atoms with van der Waals surface area (Å²) in [5.41, 5.74) is 1.52. The van der Waals surface area contributed by atoms with Crippen molar-refractivity contribution < 1.29 is 5.11 Å². The van der Waals surface area contributed by atoms with E-state index in [0.29, 0.717) is 12.5 Å². The molecule has 0 heterocycles. The quantitative estimate of drug-likeness (QED) is 0.778. The molecular formula is C16H27NO. The van der Waals surface area contributed by atoms with E-state index >= 15 is 0 Å². The molecule has 0 aromatic heterocycles. The molecule has 0 saturated carbocycles. The lowest BCUT2D eigenvalue weighted by Gasteiger charge is -2.25. The van der Waals surface area contributed by atoms with E-state index in [0.717, 1.165) is 24.9 Å². The Kier molecular flexibility index (Phi) is 5.83. The van der Waals surface area contributed by atoms with E-state index in [1.54, 1.807) is 0 Å². The Hall–Kier alpha value is -0.860. The van der Waals surface area contributed by atoms with Crippen LogP contribution in [0.2, 0.25) is 0 Å². The Morgan fingerprint density at radius 3 is 2.67 bits per heavy atom. The van der Waals surface area contributed by atoms with Gasteiger partial charge in [0.15, 0.2) is 0 Å². The molecule has 1 unspecified atom stereocenters. The van der Waals surface area contributed by atoms with Gasteiger partial charge >= 0.3 is 0 Å². The van der Waals surface area contributed by atoms with E-state index in [-0.39, 0.29) is 0 Å². The molecule has 0 saturated heterocycles. The average molecular weight is 249 g/mol. The van der Waals surface area contributed by atoms with Crippen molar-refractivity contribution in [3.8, 4) is 0 Å². The maximum Gasteiger partial charge on any atom is 0.0992 e. The van der Waals surface area contributed by atoms with Gasteiger partial charge in [-0.3, -0.25) is 0 Å². The van der Waals surface area contributed by atoms with E-state index in [2.05, 4.69) is 38.2 Å². The fourth-order valence-electron chi connectivity index (χ4n) is 2.06. The average Bonchev–Trinajstić information content (AvgIpc) is 2.29. The van der Waals surface area contributed by atoms with Gasteiger partial charge in [-0.2, -0.15) is 0 Å². The molecule has 0 aliphatic heterocycles. The van der Waals surface area contributed by atoms with Crippen LogP contribution in [0.3, 0.4) is 0 Å². The van der Waals surface area contributed by atoms with Crippen LogP contribution in [0.4, 0.5) is 0 Å². The molecule has 18 heavy (non-hydrogen) atoms. The van der Waals surface area contributed by atoms with Crippen molar-refractivity contribution in [3.05, 3.63) is 35.4 Å². The van der Waals surface area contributed by atoms with Gasteiger partial charge < -0.3 is 10.4 Å².